The lowest BCUT2D eigenvalue weighted by Gasteiger charge is -2.04. The quantitative estimate of drug-likeness (QED) is 0.789. The van der Waals surface area contributed by atoms with Gasteiger partial charge in [0.1, 0.15) is 0 Å². The Kier molecular flexibility index (Phi) is 3.48. The topological polar surface area (TPSA) is 62.2 Å². The minimum absolute atomic E-state index is 0.0851. The molecule has 2 N–H and O–H groups in total. The summed E-state index contributed by atoms with van der Waals surface area (Å²) in [5.41, 5.74) is 0.602. The average molecular weight is 236 g/mol. The molecule has 0 bridgehead atoms. The lowest BCUT2D eigenvalue weighted by molar-refractivity contribution is 0.0952. The molecule has 2 rings (SSSR count). The van der Waals surface area contributed by atoms with Crippen molar-refractivity contribution in [2.45, 2.75) is 6.42 Å². The number of carbonyl (C=O) groups excluding carboxylic acids is 1. The van der Waals surface area contributed by atoms with Gasteiger partial charge in [-0.25, -0.2) is 0 Å². The predicted octanol–water partition coefficient (Wildman–Crippen LogP) is 1.41. The minimum Gasteiger partial charge on any atom is -0.396 e. The van der Waals surface area contributed by atoms with E-state index >= 15 is 0 Å². The van der Waals surface area contributed by atoms with Gasteiger partial charge in [-0.15, -0.1) is 11.3 Å². The number of hydrogen-bond acceptors (Lipinski definition) is 4. The third-order valence-electron chi connectivity index (χ3n) is 2.22. The summed E-state index contributed by atoms with van der Waals surface area (Å²) in [5.74, 6) is -0.131. The van der Waals surface area contributed by atoms with E-state index in [0.29, 0.717) is 18.5 Å². The van der Waals surface area contributed by atoms with Gasteiger partial charge in [-0.2, -0.15) is 0 Å². The number of hydrogen-bond donors (Lipinski definition) is 2. The van der Waals surface area contributed by atoms with Crippen molar-refractivity contribution >= 4 is 27.3 Å². The summed E-state index contributed by atoms with van der Waals surface area (Å²) in [6, 6.07) is 1.94. The van der Waals surface area contributed by atoms with Crippen LogP contribution in [0.5, 0.6) is 0 Å². The summed E-state index contributed by atoms with van der Waals surface area (Å²) in [4.78, 5) is 15.8. The molecule has 4 nitrogen and oxygen atoms in total. The Morgan fingerprint density at radius 1 is 1.50 bits per heavy atom. The number of aliphatic hydroxyl groups is 1. The number of amides is 1. The highest BCUT2D eigenvalue weighted by molar-refractivity contribution is 7.17. The van der Waals surface area contributed by atoms with Gasteiger partial charge in [0.2, 0.25) is 0 Å². The summed E-state index contributed by atoms with van der Waals surface area (Å²) in [6.07, 6.45) is 3.89. The van der Waals surface area contributed by atoms with Crippen LogP contribution in [0.2, 0.25) is 0 Å². The molecule has 0 radical (unpaired) electrons. The highest BCUT2D eigenvalue weighted by Gasteiger charge is 2.10. The van der Waals surface area contributed by atoms with Crippen LogP contribution in [0.1, 0.15) is 16.8 Å². The van der Waals surface area contributed by atoms with E-state index in [1.165, 1.54) is 11.3 Å². The van der Waals surface area contributed by atoms with Gasteiger partial charge in [-0.1, -0.05) is 0 Å². The maximum atomic E-state index is 11.8. The van der Waals surface area contributed by atoms with Crippen molar-refractivity contribution in [1.82, 2.24) is 10.3 Å². The SMILES string of the molecule is O=C(NCCCO)c1cncc2ccsc12. The highest BCUT2D eigenvalue weighted by Crippen LogP contribution is 2.23. The van der Waals surface area contributed by atoms with Crippen LogP contribution in [0.25, 0.3) is 10.1 Å². The first-order chi connectivity index (χ1) is 7.83. The first kappa shape index (κ1) is 11.0. The Labute approximate surface area is 96.9 Å². The number of rotatable bonds is 4. The average Bonchev–Trinajstić information content (AvgIpc) is 2.76. The van der Waals surface area contributed by atoms with Gasteiger partial charge in [-0.05, 0) is 17.9 Å². The zero-order valence-corrected chi connectivity index (χ0v) is 9.46. The van der Waals surface area contributed by atoms with Crippen molar-refractivity contribution in [2.75, 3.05) is 13.2 Å². The molecule has 0 unspecified atom stereocenters. The molecule has 0 saturated carbocycles. The van der Waals surface area contributed by atoms with E-state index in [2.05, 4.69) is 10.3 Å². The van der Waals surface area contributed by atoms with E-state index in [-0.39, 0.29) is 12.5 Å². The molecule has 2 aromatic heterocycles. The van der Waals surface area contributed by atoms with E-state index in [1.807, 2.05) is 11.4 Å². The van der Waals surface area contributed by atoms with Crippen molar-refractivity contribution in [3.63, 3.8) is 0 Å². The van der Waals surface area contributed by atoms with E-state index < -0.39 is 0 Å². The second-order valence-corrected chi connectivity index (χ2v) is 4.28. The number of aromatic nitrogens is 1. The number of carbonyl (C=O) groups is 1. The van der Waals surface area contributed by atoms with Gasteiger partial charge >= 0.3 is 0 Å². The maximum Gasteiger partial charge on any atom is 0.254 e. The molecule has 0 spiro atoms. The molecule has 2 heterocycles. The largest absolute Gasteiger partial charge is 0.396 e. The van der Waals surface area contributed by atoms with Gasteiger partial charge in [0, 0.05) is 30.9 Å². The third-order valence-corrected chi connectivity index (χ3v) is 3.19. The molecule has 0 aliphatic rings. The van der Waals surface area contributed by atoms with Crippen molar-refractivity contribution in [2.24, 2.45) is 0 Å². The number of nitrogens with one attached hydrogen (secondary N) is 1. The summed E-state index contributed by atoms with van der Waals surface area (Å²) in [5, 5.41) is 14.3. The van der Waals surface area contributed by atoms with Crippen molar-refractivity contribution in [1.29, 1.82) is 0 Å². The molecule has 0 aliphatic heterocycles. The minimum atomic E-state index is -0.131. The predicted molar refractivity (Wildman–Crippen MR) is 63.7 cm³/mol. The lowest BCUT2D eigenvalue weighted by atomic mass is 10.2. The molecule has 0 aliphatic carbocycles. The number of fused-ring (bicyclic) bond motifs is 1. The molecule has 0 saturated heterocycles. The lowest BCUT2D eigenvalue weighted by Crippen LogP contribution is -2.25. The number of aliphatic hydroxyl groups excluding tert-OH is 1. The van der Waals surface area contributed by atoms with Crippen LogP contribution in [0, 0.1) is 0 Å². The van der Waals surface area contributed by atoms with Gasteiger partial charge < -0.3 is 10.4 Å². The summed E-state index contributed by atoms with van der Waals surface area (Å²) in [6.45, 7) is 0.568. The number of pyridine rings is 1. The fourth-order valence-corrected chi connectivity index (χ4v) is 2.31. The monoisotopic (exact) mass is 236 g/mol. The fraction of sp³-hybridized carbons (Fsp3) is 0.273. The van der Waals surface area contributed by atoms with Gasteiger partial charge in [0.25, 0.3) is 5.91 Å². The molecule has 2 aromatic rings. The van der Waals surface area contributed by atoms with E-state index in [0.717, 1.165) is 10.1 Å². The number of thiophene rings is 1. The van der Waals surface area contributed by atoms with E-state index in [9.17, 15) is 4.79 Å². The maximum absolute atomic E-state index is 11.8. The first-order valence-electron chi connectivity index (χ1n) is 5.03. The summed E-state index contributed by atoms with van der Waals surface area (Å²) >= 11 is 1.53. The van der Waals surface area contributed by atoms with Crippen LogP contribution in [0.15, 0.2) is 23.8 Å². The Morgan fingerprint density at radius 2 is 2.38 bits per heavy atom. The smallest absolute Gasteiger partial charge is 0.254 e. The normalized spacial score (nSPS) is 10.6. The molecule has 84 valence electrons. The van der Waals surface area contributed by atoms with Crippen molar-refractivity contribution in [3.05, 3.63) is 29.4 Å². The van der Waals surface area contributed by atoms with Gasteiger partial charge in [0.15, 0.2) is 0 Å². The van der Waals surface area contributed by atoms with Crippen LogP contribution in [0.4, 0.5) is 0 Å². The Hall–Kier alpha value is -1.46. The van der Waals surface area contributed by atoms with Crippen LogP contribution >= 0.6 is 11.3 Å². The van der Waals surface area contributed by atoms with Crippen LogP contribution in [-0.2, 0) is 0 Å². The van der Waals surface area contributed by atoms with Crippen LogP contribution in [-0.4, -0.2) is 29.1 Å². The molecule has 0 aromatic carbocycles. The molecule has 1 amide bonds. The zero-order valence-electron chi connectivity index (χ0n) is 8.64. The standard InChI is InChI=1S/C11H12N2O2S/c14-4-1-3-13-11(15)9-7-12-6-8-2-5-16-10(8)9/h2,5-7,14H,1,3-4H2,(H,13,15). The molecular weight excluding hydrogens is 224 g/mol. The van der Waals surface area contributed by atoms with Crippen LogP contribution < -0.4 is 5.32 Å². The van der Waals surface area contributed by atoms with Crippen LogP contribution in [0.3, 0.4) is 0 Å². The second kappa shape index (κ2) is 5.05. The second-order valence-electron chi connectivity index (χ2n) is 3.36. The summed E-state index contributed by atoms with van der Waals surface area (Å²) in [7, 11) is 0. The van der Waals surface area contributed by atoms with Gasteiger partial charge in [-0.3, -0.25) is 9.78 Å². The Morgan fingerprint density at radius 3 is 3.19 bits per heavy atom. The molecule has 0 fully saturated rings. The number of nitrogens with zero attached hydrogens (tertiary/aromatic N) is 1. The third kappa shape index (κ3) is 2.20. The highest BCUT2D eigenvalue weighted by atomic mass is 32.1. The fourth-order valence-electron chi connectivity index (χ4n) is 1.43. The van der Waals surface area contributed by atoms with E-state index in [1.54, 1.807) is 12.4 Å². The molecule has 16 heavy (non-hydrogen) atoms. The zero-order chi connectivity index (χ0) is 11.4. The Balaban J connectivity index is 2.19. The van der Waals surface area contributed by atoms with E-state index in [4.69, 9.17) is 5.11 Å². The first-order valence-corrected chi connectivity index (χ1v) is 5.91. The molecular formula is C11H12N2O2S. The molecule has 5 heteroatoms. The summed E-state index contributed by atoms with van der Waals surface area (Å²) < 4.78 is 0.955. The van der Waals surface area contributed by atoms with Gasteiger partial charge in [0.05, 0.1) is 10.3 Å². The van der Waals surface area contributed by atoms with Crippen molar-refractivity contribution < 1.29 is 9.90 Å². The Bertz CT molecular complexity index is 495. The van der Waals surface area contributed by atoms with Crippen molar-refractivity contribution in [3.8, 4) is 0 Å². The molecule has 0 atom stereocenters.